The van der Waals surface area contributed by atoms with Crippen molar-refractivity contribution in [2.75, 3.05) is 13.1 Å². The van der Waals surface area contributed by atoms with Crippen LogP contribution >= 0.6 is 24.0 Å². The molecule has 2 rings (SSSR count). The number of benzene rings is 1. The molecule has 0 bridgehead atoms. The summed E-state index contributed by atoms with van der Waals surface area (Å²) in [5.41, 5.74) is 2.50. The third kappa shape index (κ3) is 7.76. The van der Waals surface area contributed by atoms with Crippen molar-refractivity contribution < 1.29 is 0 Å². The van der Waals surface area contributed by atoms with Gasteiger partial charge in [0.15, 0.2) is 5.96 Å². The number of halogens is 1. The molecule has 0 spiro atoms. The minimum Gasteiger partial charge on any atom is -0.357 e. The van der Waals surface area contributed by atoms with Crippen molar-refractivity contribution in [3.8, 4) is 0 Å². The van der Waals surface area contributed by atoms with Crippen molar-refractivity contribution >= 4 is 29.9 Å². The van der Waals surface area contributed by atoms with Crippen molar-refractivity contribution in [3.05, 3.63) is 53.6 Å². The fourth-order valence-corrected chi connectivity index (χ4v) is 2.69. The molecule has 0 amide bonds. The lowest BCUT2D eigenvalue weighted by atomic mass is 10.1. The van der Waals surface area contributed by atoms with Gasteiger partial charge in [-0.2, -0.15) is 0 Å². The van der Waals surface area contributed by atoms with Gasteiger partial charge in [0.25, 0.3) is 0 Å². The van der Waals surface area contributed by atoms with E-state index in [1.807, 2.05) is 19.3 Å². The Kier molecular flexibility index (Phi) is 11.0. The van der Waals surface area contributed by atoms with Gasteiger partial charge in [-0.15, -0.1) is 24.0 Å². The Hall–Kier alpha value is -1.57. The summed E-state index contributed by atoms with van der Waals surface area (Å²) in [6.45, 7) is 9.72. The second kappa shape index (κ2) is 12.7. The summed E-state index contributed by atoms with van der Waals surface area (Å²) in [6.07, 6.45) is 7.53. The maximum absolute atomic E-state index is 4.71. The average Bonchev–Trinajstić information content (AvgIpc) is 3.01. The van der Waals surface area contributed by atoms with E-state index in [4.69, 9.17) is 4.99 Å². The fourth-order valence-electron chi connectivity index (χ4n) is 2.69. The molecule has 5 nitrogen and oxygen atoms in total. The van der Waals surface area contributed by atoms with Crippen molar-refractivity contribution in [1.82, 2.24) is 20.2 Å². The van der Waals surface area contributed by atoms with Crippen molar-refractivity contribution in [2.45, 2.75) is 53.1 Å². The van der Waals surface area contributed by atoms with Crippen LogP contribution in [0.1, 0.15) is 50.1 Å². The lowest BCUT2D eigenvalue weighted by Gasteiger charge is -2.11. The summed E-state index contributed by atoms with van der Waals surface area (Å²) >= 11 is 0. The zero-order valence-corrected chi connectivity index (χ0v) is 18.5. The zero-order chi connectivity index (χ0) is 17.9. The van der Waals surface area contributed by atoms with Crippen LogP contribution in [0.5, 0.6) is 0 Å². The molecule has 2 aromatic rings. The number of hydrogen-bond acceptors (Lipinski definition) is 2. The molecule has 0 saturated carbocycles. The van der Waals surface area contributed by atoms with Gasteiger partial charge in [0.05, 0.1) is 6.54 Å². The summed E-state index contributed by atoms with van der Waals surface area (Å²) in [5, 5.41) is 6.73. The molecule has 0 radical (unpaired) electrons. The Morgan fingerprint density at radius 1 is 1.15 bits per heavy atom. The number of nitrogens with zero attached hydrogens (tertiary/aromatic N) is 3. The maximum atomic E-state index is 4.71. The van der Waals surface area contributed by atoms with E-state index in [-0.39, 0.29) is 24.0 Å². The van der Waals surface area contributed by atoms with E-state index in [2.05, 4.69) is 58.3 Å². The van der Waals surface area contributed by atoms with Gasteiger partial charge in [-0.05, 0) is 31.4 Å². The first kappa shape index (κ1) is 22.5. The Labute approximate surface area is 174 Å². The fraction of sp³-hybridized carbons (Fsp3) is 0.500. The number of imidazole rings is 1. The maximum Gasteiger partial charge on any atom is 0.191 e. The van der Waals surface area contributed by atoms with E-state index in [0.29, 0.717) is 6.54 Å². The summed E-state index contributed by atoms with van der Waals surface area (Å²) in [6, 6.07) is 8.62. The van der Waals surface area contributed by atoms with Gasteiger partial charge in [0.2, 0.25) is 0 Å². The molecule has 26 heavy (non-hydrogen) atoms. The smallest absolute Gasteiger partial charge is 0.191 e. The Balaban J connectivity index is 0.00000338. The first-order chi connectivity index (χ1) is 12.2. The van der Waals surface area contributed by atoms with E-state index >= 15 is 0 Å². The van der Waals surface area contributed by atoms with E-state index in [1.165, 1.54) is 30.4 Å². The molecule has 0 aliphatic carbocycles. The number of aryl methyl sites for hydroxylation is 1. The summed E-state index contributed by atoms with van der Waals surface area (Å²) in [7, 11) is 0. The molecular formula is C20H32IN5. The quantitative estimate of drug-likeness (QED) is 0.252. The highest BCUT2D eigenvalue weighted by molar-refractivity contribution is 14.0. The highest BCUT2D eigenvalue weighted by atomic mass is 127. The van der Waals surface area contributed by atoms with Gasteiger partial charge in [-0.25, -0.2) is 9.98 Å². The molecule has 0 atom stereocenters. The van der Waals surface area contributed by atoms with E-state index in [0.717, 1.165) is 31.4 Å². The highest BCUT2D eigenvalue weighted by Crippen LogP contribution is 2.09. The molecule has 1 aromatic carbocycles. The SMILES string of the molecule is CCCCCNC(=NCc1cccc(Cn2ccnc2C)c1)NCC.I. The van der Waals surface area contributed by atoms with Crippen molar-refractivity contribution in [2.24, 2.45) is 4.99 Å². The third-order valence-corrected chi connectivity index (χ3v) is 4.10. The Morgan fingerprint density at radius 2 is 1.96 bits per heavy atom. The van der Waals surface area contributed by atoms with E-state index in [9.17, 15) is 0 Å². The first-order valence-electron chi connectivity index (χ1n) is 9.30. The average molecular weight is 469 g/mol. The van der Waals surface area contributed by atoms with Gasteiger partial charge in [-0.1, -0.05) is 44.0 Å². The molecule has 2 N–H and O–H groups in total. The van der Waals surface area contributed by atoms with Gasteiger partial charge in [0, 0.05) is 32.0 Å². The molecule has 1 aromatic heterocycles. The molecule has 0 fully saturated rings. The van der Waals surface area contributed by atoms with Gasteiger partial charge >= 0.3 is 0 Å². The Morgan fingerprint density at radius 3 is 2.65 bits per heavy atom. The molecule has 144 valence electrons. The molecule has 0 unspecified atom stereocenters. The van der Waals surface area contributed by atoms with Crippen LogP contribution in [0.4, 0.5) is 0 Å². The highest BCUT2D eigenvalue weighted by Gasteiger charge is 2.01. The minimum atomic E-state index is 0. The number of unbranched alkanes of at least 4 members (excludes halogenated alkanes) is 2. The van der Waals surface area contributed by atoms with Crippen LogP contribution in [-0.4, -0.2) is 28.6 Å². The van der Waals surface area contributed by atoms with Crippen LogP contribution < -0.4 is 10.6 Å². The summed E-state index contributed by atoms with van der Waals surface area (Å²) < 4.78 is 2.15. The van der Waals surface area contributed by atoms with Gasteiger partial charge < -0.3 is 15.2 Å². The second-order valence-electron chi connectivity index (χ2n) is 6.25. The number of nitrogens with one attached hydrogen (secondary N) is 2. The normalized spacial score (nSPS) is 11.1. The van der Waals surface area contributed by atoms with Gasteiger partial charge in [0.1, 0.15) is 5.82 Å². The summed E-state index contributed by atoms with van der Waals surface area (Å²) in [5.74, 6) is 1.93. The first-order valence-corrected chi connectivity index (χ1v) is 9.30. The number of aromatic nitrogens is 2. The number of guanidine groups is 1. The molecule has 1 heterocycles. The number of aliphatic imine (C=N–C) groups is 1. The predicted octanol–water partition coefficient (Wildman–Crippen LogP) is 4.10. The lowest BCUT2D eigenvalue weighted by molar-refractivity contribution is 0.683. The number of rotatable bonds is 9. The van der Waals surface area contributed by atoms with Crippen LogP contribution in [0.3, 0.4) is 0 Å². The minimum absolute atomic E-state index is 0. The topological polar surface area (TPSA) is 54.2 Å². The summed E-state index contributed by atoms with van der Waals surface area (Å²) in [4.78, 5) is 8.99. The van der Waals surface area contributed by atoms with Crippen LogP contribution in [0.15, 0.2) is 41.7 Å². The monoisotopic (exact) mass is 469 g/mol. The molecule has 0 saturated heterocycles. The second-order valence-corrected chi connectivity index (χ2v) is 6.25. The molecular weight excluding hydrogens is 437 g/mol. The van der Waals surface area contributed by atoms with Crippen molar-refractivity contribution in [3.63, 3.8) is 0 Å². The Bertz CT molecular complexity index is 666. The third-order valence-electron chi connectivity index (χ3n) is 4.10. The molecule has 6 heteroatoms. The largest absolute Gasteiger partial charge is 0.357 e. The predicted molar refractivity (Wildman–Crippen MR) is 120 cm³/mol. The molecule has 0 aliphatic rings. The van der Waals surface area contributed by atoms with Crippen LogP contribution in [0.25, 0.3) is 0 Å². The standard InChI is InChI=1S/C20H31N5.HI/c1-4-6-7-11-23-20(21-5-2)24-15-18-9-8-10-19(14-18)16-25-13-12-22-17(25)3;/h8-10,12-14H,4-7,11,15-16H2,1-3H3,(H2,21,23,24);1H. The van der Waals surface area contributed by atoms with E-state index < -0.39 is 0 Å². The molecule has 0 aliphatic heterocycles. The van der Waals surface area contributed by atoms with E-state index in [1.54, 1.807) is 0 Å². The van der Waals surface area contributed by atoms with Crippen LogP contribution in [0.2, 0.25) is 0 Å². The zero-order valence-electron chi connectivity index (χ0n) is 16.2. The van der Waals surface area contributed by atoms with Crippen LogP contribution in [0, 0.1) is 6.92 Å². The van der Waals surface area contributed by atoms with Gasteiger partial charge in [-0.3, -0.25) is 0 Å². The number of hydrogen-bond donors (Lipinski definition) is 2. The lowest BCUT2D eigenvalue weighted by Crippen LogP contribution is -2.37. The van der Waals surface area contributed by atoms with Crippen LogP contribution in [-0.2, 0) is 13.1 Å². The van der Waals surface area contributed by atoms with Crippen molar-refractivity contribution in [1.29, 1.82) is 0 Å².